The average molecular weight is 320 g/mol. The maximum Gasteiger partial charge on any atom is 0.258 e. The maximum absolute atomic E-state index is 12.0. The van der Waals surface area contributed by atoms with Crippen LogP contribution in [0, 0.1) is 13.8 Å². The van der Waals surface area contributed by atoms with Crippen molar-refractivity contribution in [2.75, 3.05) is 0 Å². The van der Waals surface area contributed by atoms with Crippen LogP contribution in [0.5, 0.6) is 0 Å². The highest BCUT2D eigenvalue weighted by Gasteiger charge is 2.07. The normalized spacial score (nSPS) is 11.1. The molecule has 6 nitrogen and oxygen atoms in total. The summed E-state index contributed by atoms with van der Waals surface area (Å²) in [7, 11) is 0. The minimum Gasteiger partial charge on any atom is -0.301 e. The van der Waals surface area contributed by atoms with Crippen LogP contribution in [0.1, 0.15) is 16.3 Å². The first kappa shape index (κ1) is 14.0. The predicted molar refractivity (Wildman–Crippen MR) is 83.2 cm³/mol. The molecule has 0 bridgehead atoms. The van der Waals surface area contributed by atoms with Crippen LogP contribution in [0.4, 0.5) is 0 Å². The van der Waals surface area contributed by atoms with Gasteiger partial charge in [0.05, 0.1) is 5.69 Å². The molecule has 0 aliphatic heterocycles. The number of nitrogens with one attached hydrogen (secondary N) is 1. The second-order valence-electron chi connectivity index (χ2n) is 4.56. The Balaban J connectivity index is 1.88. The summed E-state index contributed by atoms with van der Waals surface area (Å²) < 4.78 is 1.54. The first-order valence-electron chi connectivity index (χ1n) is 6.21. The molecule has 0 fully saturated rings. The number of thiazole rings is 1. The third kappa shape index (κ3) is 3.06. The number of aromatic nitrogens is 4. The third-order valence-electron chi connectivity index (χ3n) is 2.74. The molecule has 0 radical (unpaired) electrons. The SMILES string of the molecule is Cc1cc(=O)[nH]c(SCc2cc(=O)n3cc(C)sc3n2)n1. The zero-order chi connectivity index (χ0) is 15.0. The first-order chi connectivity index (χ1) is 10.0. The van der Waals surface area contributed by atoms with Crippen molar-refractivity contribution in [3.63, 3.8) is 0 Å². The van der Waals surface area contributed by atoms with Crippen LogP contribution < -0.4 is 11.1 Å². The standard InChI is InChI=1S/C13H12N4O2S2/c1-7-3-10(18)16-12(14-7)20-6-9-4-11(19)17-5-8(2)21-13(17)15-9/h3-5H,6H2,1-2H3,(H,14,16,18). The monoisotopic (exact) mass is 320 g/mol. The summed E-state index contributed by atoms with van der Waals surface area (Å²) in [4.78, 5) is 36.4. The van der Waals surface area contributed by atoms with Gasteiger partial charge in [0.25, 0.3) is 11.1 Å². The molecule has 0 aromatic carbocycles. The number of aromatic amines is 1. The number of H-pyrrole nitrogens is 1. The van der Waals surface area contributed by atoms with Gasteiger partial charge in [-0.15, -0.1) is 11.3 Å². The Morgan fingerprint density at radius 1 is 1.29 bits per heavy atom. The van der Waals surface area contributed by atoms with E-state index in [1.54, 1.807) is 17.5 Å². The maximum atomic E-state index is 12.0. The van der Waals surface area contributed by atoms with Gasteiger partial charge in [-0.2, -0.15) is 0 Å². The minimum atomic E-state index is -0.178. The molecule has 0 saturated heterocycles. The van der Waals surface area contributed by atoms with Crippen molar-refractivity contribution in [3.05, 3.63) is 55.3 Å². The van der Waals surface area contributed by atoms with E-state index in [0.717, 1.165) is 4.88 Å². The van der Waals surface area contributed by atoms with Gasteiger partial charge in [0.15, 0.2) is 10.1 Å². The summed E-state index contributed by atoms with van der Waals surface area (Å²) in [5.74, 6) is 0.481. The van der Waals surface area contributed by atoms with Crippen molar-refractivity contribution < 1.29 is 0 Å². The Morgan fingerprint density at radius 2 is 2.10 bits per heavy atom. The fourth-order valence-electron chi connectivity index (χ4n) is 1.89. The van der Waals surface area contributed by atoms with Crippen molar-refractivity contribution in [2.45, 2.75) is 24.8 Å². The van der Waals surface area contributed by atoms with Gasteiger partial charge >= 0.3 is 0 Å². The zero-order valence-corrected chi connectivity index (χ0v) is 13.0. The Labute approximate surface area is 127 Å². The summed E-state index contributed by atoms with van der Waals surface area (Å²) in [6.07, 6.45) is 1.78. The van der Waals surface area contributed by atoms with Gasteiger partial charge < -0.3 is 4.98 Å². The lowest BCUT2D eigenvalue weighted by molar-refractivity contribution is 0.903. The minimum absolute atomic E-state index is 0.0920. The number of nitrogens with zero attached hydrogens (tertiary/aromatic N) is 3. The number of aryl methyl sites for hydroxylation is 2. The van der Waals surface area contributed by atoms with Crippen molar-refractivity contribution in [1.29, 1.82) is 0 Å². The second kappa shape index (κ2) is 5.45. The lowest BCUT2D eigenvalue weighted by Crippen LogP contribution is -2.13. The predicted octanol–water partition coefficient (Wildman–Crippen LogP) is 1.75. The van der Waals surface area contributed by atoms with E-state index in [1.165, 1.54) is 35.2 Å². The Morgan fingerprint density at radius 3 is 2.86 bits per heavy atom. The molecule has 1 N–H and O–H groups in total. The van der Waals surface area contributed by atoms with Crippen LogP contribution in [-0.4, -0.2) is 19.4 Å². The van der Waals surface area contributed by atoms with Gasteiger partial charge in [0, 0.05) is 34.7 Å². The molecule has 0 spiro atoms. The fraction of sp³-hybridized carbons (Fsp3) is 0.231. The van der Waals surface area contributed by atoms with Crippen LogP contribution in [0.3, 0.4) is 0 Å². The van der Waals surface area contributed by atoms with Gasteiger partial charge in [-0.1, -0.05) is 11.8 Å². The lowest BCUT2D eigenvalue weighted by Gasteiger charge is -2.01. The third-order valence-corrected chi connectivity index (χ3v) is 4.55. The summed E-state index contributed by atoms with van der Waals surface area (Å²) >= 11 is 2.83. The molecule has 0 atom stereocenters. The van der Waals surface area contributed by atoms with Crippen molar-refractivity contribution in [2.24, 2.45) is 0 Å². The van der Waals surface area contributed by atoms with Crippen LogP contribution in [-0.2, 0) is 5.75 Å². The van der Waals surface area contributed by atoms with Gasteiger partial charge in [0.1, 0.15) is 0 Å². The molecule has 108 valence electrons. The Hall–Kier alpha value is -1.93. The molecule has 0 saturated carbocycles. The van der Waals surface area contributed by atoms with Crippen molar-refractivity contribution in [3.8, 4) is 0 Å². The smallest absolute Gasteiger partial charge is 0.258 e. The van der Waals surface area contributed by atoms with Crippen molar-refractivity contribution >= 4 is 28.1 Å². The largest absolute Gasteiger partial charge is 0.301 e. The molecule has 0 aliphatic rings. The average Bonchev–Trinajstić information content (AvgIpc) is 2.76. The Kier molecular flexibility index (Phi) is 3.64. The summed E-state index contributed by atoms with van der Waals surface area (Å²) in [6, 6.07) is 2.95. The summed E-state index contributed by atoms with van der Waals surface area (Å²) in [6.45, 7) is 3.71. The molecule has 0 unspecified atom stereocenters. The van der Waals surface area contributed by atoms with Gasteiger partial charge in [-0.25, -0.2) is 9.97 Å². The molecular weight excluding hydrogens is 308 g/mol. The highest BCUT2D eigenvalue weighted by Crippen LogP contribution is 2.18. The quantitative estimate of drug-likeness (QED) is 0.587. The number of fused-ring (bicyclic) bond motifs is 1. The van der Waals surface area contributed by atoms with Gasteiger partial charge in [0.2, 0.25) is 0 Å². The highest BCUT2D eigenvalue weighted by molar-refractivity contribution is 7.98. The van der Waals surface area contributed by atoms with E-state index in [0.29, 0.717) is 27.3 Å². The number of hydrogen-bond donors (Lipinski definition) is 1. The highest BCUT2D eigenvalue weighted by atomic mass is 32.2. The van der Waals surface area contributed by atoms with E-state index in [1.807, 2.05) is 6.92 Å². The number of thioether (sulfide) groups is 1. The molecule has 8 heteroatoms. The lowest BCUT2D eigenvalue weighted by atomic mass is 10.4. The van der Waals surface area contributed by atoms with Crippen LogP contribution >= 0.6 is 23.1 Å². The van der Waals surface area contributed by atoms with E-state index in [4.69, 9.17) is 0 Å². The molecule has 3 aromatic heterocycles. The molecule has 3 heterocycles. The molecule has 3 aromatic rings. The first-order valence-corrected chi connectivity index (χ1v) is 8.01. The molecule has 21 heavy (non-hydrogen) atoms. The van der Waals surface area contributed by atoms with E-state index in [9.17, 15) is 9.59 Å². The number of hydrogen-bond acceptors (Lipinski definition) is 6. The zero-order valence-electron chi connectivity index (χ0n) is 11.4. The van der Waals surface area contributed by atoms with Crippen LogP contribution in [0.2, 0.25) is 0 Å². The molecular formula is C13H12N4O2S2. The number of rotatable bonds is 3. The summed E-state index contributed by atoms with van der Waals surface area (Å²) in [5, 5.41) is 0.532. The second-order valence-corrected chi connectivity index (χ2v) is 6.74. The van der Waals surface area contributed by atoms with E-state index in [-0.39, 0.29) is 11.1 Å². The van der Waals surface area contributed by atoms with Gasteiger partial charge in [-0.3, -0.25) is 14.0 Å². The topological polar surface area (TPSA) is 80.1 Å². The molecule has 0 amide bonds. The van der Waals surface area contributed by atoms with Crippen LogP contribution in [0.15, 0.2) is 33.1 Å². The van der Waals surface area contributed by atoms with Gasteiger partial charge in [-0.05, 0) is 13.8 Å². The van der Waals surface area contributed by atoms with E-state index < -0.39 is 0 Å². The van der Waals surface area contributed by atoms with E-state index >= 15 is 0 Å². The van der Waals surface area contributed by atoms with Crippen molar-refractivity contribution in [1.82, 2.24) is 19.4 Å². The Bertz CT molecular complexity index is 926. The molecule has 3 rings (SSSR count). The molecule has 0 aliphatic carbocycles. The fourth-order valence-corrected chi connectivity index (χ4v) is 3.56. The van der Waals surface area contributed by atoms with Crippen LogP contribution in [0.25, 0.3) is 4.96 Å². The van der Waals surface area contributed by atoms with E-state index in [2.05, 4.69) is 15.0 Å². The summed E-state index contributed by atoms with van der Waals surface area (Å²) in [5.41, 5.74) is 1.07.